The fourth-order valence-corrected chi connectivity index (χ4v) is 7.21. The minimum absolute atomic E-state index is 0.270. The van der Waals surface area contributed by atoms with Crippen LogP contribution in [0.15, 0.2) is 176 Å². The summed E-state index contributed by atoms with van der Waals surface area (Å²) in [5.41, 5.74) is 13.4. The van der Waals surface area contributed by atoms with Crippen molar-refractivity contribution in [2.45, 2.75) is 19.3 Å². The molecule has 1 N–H and O–H groups in total. The minimum Gasteiger partial charge on any atom is -0.537 e. The molecule has 0 fully saturated rings. The molecule has 4 nitrogen and oxygen atoms in total. The smallest absolute Gasteiger partial charge is 0.537 e. The Hall–Kier alpha value is -6.04. The van der Waals surface area contributed by atoms with E-state index in [0.29, 0.717) is 5.75 Å². The van der Waals surface area contributed by atoms with Crippen molar-refractivity contribution in [3.05, 3.63) is 187 Å². The molecule has 1 aliphatic rings. The van der Waals surface area contributed by atoms with Gasteiger partial charge in [-0.25, -0.2) is 0 Å². The largest absolute Gasteiger partial charge is 0.569 e. The van der Waals surface area contributed by atoms with E-state index in [-0.39, 0.29) is 5.41 Å². The zero-order chi connectivity index (χ0) is 34.1. The summed E-state index contributed by atoms with van der Waals surface area (Å²) >= 11 is 0. The van der Waals surface area contributed by atoms with Crippen LogP contribution in [0.2, 0.25) is 0 Å². The van der Waals surface area contributed by atoms with E-state index < -0.39 is 0 Å². The van der Waals surface area contributed by atoms with E-state index in [1.165, 1.54) is 33.4 Å². The number of hydrogen-bond acceptors (Lipinski definition) is 4. The molecule has 0 unspecified atom stereocenters. The van der Waals surface area contributed by atoms with Crippen molar-refractivity contribution < 1.29 is 9.68 Å². The summed E-state index contributed by atoms with van der Waals surface area (Å²) in [6.45, 7) is 4.51. The highest BCUT2D eigenvalue weighted by atomic mass is 16.5. The topological polar surface area (TPSA) is 35.9 Å². The second-order valence-electron chi connectivity index (χ2n) is 13.1. The van der Waals surface area contributed by atoms with Crippen LogP contribution in [-0.2, 0) is 5.41 Å². The summed E-state index contributed by atoms with van der Waals surface area (Å²) in [6, 6.07) is 61.9. The van der Waals surface area contributed by atoms with Crippen LogP contribution in [-0.4, -0.2) is 12.7 Å². The molecule has 0 spiro atoms. The molecule has 7 aromatic rings. The molecule has 1 aliphatic carbocycles. The fourth-order valence-electron chi connectivity index (χ4n) is 7.21. The monoisotopic (exact) mass is 647 g/mol. The minimum atomic E-state index is -0.270. The maximum absolute atomic E-state index is 9.28. The summed E-state index contributed by atoms with van der Waals surface area (Å²) in [5.74, 6) is 0.618. The van der Waals surface area contributed by atoms with Crippen LogP contribution in [0.4, 0.5) is 34.1 Å². The first-order chi connectivity index (χ1) is 24.5. The van der Waals surface area contributed by atoms with E-state index in [2.05, 4.69) is 169 Å². The quantitative estimate of drug-likeness (QED) is 0.158. The zero-order valence-electron chi connectivity index (χ0n) is 28.1. The normalized spacial score (nSPS) is 12.5. The molecule has 0 heterocycles. The standard InChI is InChI=1S/C45H36BN2O2/c1-45(2)43-30-39(26-28-41(43)42-29-27-40(50-46-49)31-44(42)45)48(36-20-18-33(19-21-36)32-12-6-3-7-13-32)38-24-22-37(23-25-38)47(34-14-8-4-9-15-34)35-16-10-5-11-17-35/h3-31,49H,1-2H3. The number of hydrogen-bond donors (Lipinski definition) is 1. The fraction of sp³-hybridized carbons (Fsp3) is 0.0667. The van der Waals surface area contributed by atoms with E-state index in [0.717, 1.165) is 41.8 Å². The Bertz CT molecular complexity index is 2200. The molecule has 7 aromatic carbocycles. The summed E-state index contributed by atoms with van der Waals surface area (Å²) in [6.07, 6.45) is 0. The molecule has 0 saturated carbocycles. The van der Waals surface area contributed by atoms with Crippen molar-refractivity contribution in [3.8, 4) is 28.0 Å². The second-order valence-corrected chi connectivity index (χ2v) is 13.1. The summed E-state index contributed by atoms with van der Waals surface area (Å²) < 4.78 is 5.34. The van der Waals surface area contributed by atoms with Crippen LogP contribution in [0.1, 0.15) is 25.0 Å². The molecule has 8 rings (SSSR count). The van der Waals surface area contributed by atoms with E-state index in [1.807, 2.05) is 30.3 Å². The lowest BCUT2D eigenvalue weighted by molar-refractivity contribution is 0.453. The van der Waals surface area contributed by atoms with Crippen LogP contribution >= 0.6 is 0 Å². The van der Waals surface area contributed by atoms with Crippen molar-refractivity contribution in [2.24, 2.45) is 0 Å². The van der Waals surface area contributed by atoms with Gasteiger partial charge in [0.2, 0.25) is 0 Å². The van der Waals surface area contributed by atoms with Gasteiger partial charge in [0, 0.05) is 39.5 Å². The van der Waals surface area contributed by atoms with Gasteiger partial charge in [-0.1, -0.05) is 105 Å². The third-order valence-corrected chi connectivity index (χ3v) is 9.71. The van der Waals surface area contributed by atoms with Gasteiger partial charge in [-0.2, -0.15) is 0 Å². The van der Waals surface area contributed by atoms with Gasteiger partial charge in [-0.05, 0) is 118 Å². The average Bonchev–Trinajstić information content (AvgIpc) is 3.39. The molecular weight excluding hydrogens is 611 g/mol. The highest BCUT2D eigenvalue weighted by Gasteiger charge is 2.36. The van der Waals surface area contributed by atoms with E-state index in [9.17, 15) is 5.02 Å². The second kappa shape index (κ2) is 13.1. The van der Waals surface area contributed by atoms with Crippen LogP contribution in [0, 0.1) is 0 Å². The lowest BCUT2D eigenvalue weighted by Crippen LogP contribution is -2.17. The van der Waals surface area contributed by atoms with Gasteiger partial charge in [-0.3, -0.25) is 0 Å². The molecule has 0 aliphatic heterocycles. The Morgan fingerprint density at radius 3 is 1.38 bits per heavy atom. The lowest BCUT2D eigenvalue weighted by Gasteiger charge is -2.29. The third-order valence-electron chi connectivity index (χ3n) is 9.71. The molecule has 0 saturated heterocycles. The van der Waals surface area contributed by atoms with E-state index in [4.69, 9.17) is 4.65 Å². The molecule has 0 amide bonds. The maximum Gasteiger partial charge on any atom is 0.569 e. The number of benzene rings is 7. The van der Waals surface area contributed by atoms with Crippen LogP contribution < -0.4 is 14.5 Å². The highest BCUT2D eigenvalue weighted by molar-refractivity contribution is 6.17. The Morgan fingerprint density at radius 1 is 0.440 bits per heavy atom. The van der Waals surface area contributed by atoms with Gasteiger partial charge in [0.15, 0.2) is 0 Å². The molecule has 241 valence electrons. The number of nitrogens with zero attached hydrogens (tertiary/aromatic N) is 2. The predicted molar refractivity (Wildman–Crippen MR) is 207 cm³/mol. The van der Waals surface area contributed by atoms with Crippen molar-refractivity contribution in [1.29, 1.82) is 0 Å². The number of fused-ring (bicyclic) bond motifs is 3. The molecule has 50 heavy (non-hydrogen) atoms. The van der Waals surface area contributed by atoms with Crippen molar-refractivity contribution in [3.63, 3.8) is 0 Å². The van der Waals surface area contributed by atoms with Gasteiger partial charge < -0.3 is 19.5 Å². The van der Waals surface area contributed by atoms with E-state index in [1.54, 1.807) is 0 Å². The first kappa shape index (κ1) is 31.2. The average molecular weight is 648 g/mol. The Morgan fingerprint density at radius 2 is 0.840 bits per heavy atom. The Kier molecular flexibility index (Phi) is 8.19. The first-order valence-electron chi connectivity index (χ1n) is 16.9. The van der Waals surface area contributed by atoms with Gasteiger partial charge >= 0.3 is 7.69 Å². The summed E-state index contributed by atoms with van der Waals surface area (Å²) in [5, 5.41) is 9.28. The molecule has 0 atom stereocenters. The van der Waals surface area contributed by atoms with Crippen LogP contribution in [0.25, 0.3) is 22.3 Å². The molecule has 0 bridgehead atoms. The summed E-state index contributed by atoms with van der Waals surface area (Å²) in [4.78, 5) is 4.62. The molecule has 0 aromatic heterocycles. The van der Waals surface area contributed by atoms with Gasteiger partial charge in [0.1, 0.15) is 5.75 Å². The van der Waals surface area contributed by atoms with Crippen molar-refractivity contribution >= 4 is 41.8 Å². The van der Waals surface area contributed by atoms with E-state index >= 15 is 0 Å². The lowest BCUT2D eigenvalue weighted by atomic mass is 9.82. The van der Waals surface area contributed by atoms with Gasteiger partial charge in [-0.15, -0.1) is 0 Å². The van der Waals surface area contributed by atoms with Crippen molar-refractivity contribution in [1.82, 2.24) is 0 Å². The van der Waals surface area contributed by atoms with Crippen molar-refractivity contribution in [2.75, 3.05) is 9.80 Å². The first-order valence-corrected chi connectivity index (χ1v) is 16.9. The molecular formula is C45H36BN2O2. The zero-order valence-corrected chi connectivity index (χ0v) is 28.1. The van der Waals surface area contributed by atoms with Crippen LogP contribution in [0.3, 0.4) is 0 Å². The molecule has 1 radical (unpaired) electrons. The third kappa shape index (κ3) is 5.72. The molecule has 5 heteroatoms. The number of anilines is 6. The SMILES string of the molecule is CC1(C)c2cc(O[B]O)ccc2-c2ccc(N(c3ccc(-c4ccccc4)cc3)c3ccc(N(c4ccccc4)c4ccccc4)cc3)cc21. The Labute approximate surface area is 294 Å². The van der Waals surface area contributed by atoms with Gasteiger partial charge in [0.25, 0.3) is 0 Å². The van der Waals surface area contributed by atoms with Crippen LogP contribution in [0.5, 0.6) is 5.75 Å². The maximum atomic E-state index is 9.28. The van der Waals surface area contributed by atoms with Gasteiger partial charge in [0.05, 0.1) is 0 Å². The number of para-hydroxylation sites is 2. The highest BCUT2D eigenvalue weighted by Crippen LogP contribution is 2.51. The summed E-state index contributed by atoms with van der Waals surface area (Å²) in [7, 11) is 0.736. The number of rotatable bonds is 9. The predicted octanol–water partition coefficient (Wildman–Crippen LogP) is 11.5. The Balaban J connectivity index is 1.23.